The van der Waals surface area contributed by atoms with Crippen molar-refractivity contribution in [3.63, 3.8) is 0 Å². The van der Waals surface area contributed by atoms with Gasteiger partial charge in [-0.05, 0) is 18.2 Å². The van der Waals surface area contributed by atoms with E-state index in [9.17, 15) is 14.4 Å². The largest absolute Gasteiger partial charge is 0.475 e. The van der Waals surface area contributed by atoms with Gasteiger partial charge in [-0.25, -0.2) is 9.59 Å². The molecule has 0 saturated heterocycles. The number of fused-ring (bicyclic) bond motifs is 1. The number of aromatic amines is 1. The third-order valence-corrected chi connectivity index (χ3v) is 1.88. The molecule has 0 atom stereocenters. The number of oxazole rings is 1. The third kappa shape index (κ3) is 1.52. The first-order chi connectivity index (χ1) is 7.08. The van der Waals surface area contributed by atoms with Crippen molar-refractivity contribution < 1.29 is 19.1 Å². The fourth-order valence-electron chi connectivity index (χ4n) is 1.21. The Balaban J connectivity index is 2.60. The molecule has 0 fully saturated rings. The normalized spacial score (nSPS) is 10.4. The summed E-state index contributed by atoms with van der Waals surface area (Å²) in [7, 11) is 0. The minimum Gasteiger partial charge on any atom is -0.475 e. The molecule has 0 saturated carbocycles. The zero-order valence-corrected chi connectivity index (χ0v) is 7.31. The van der Waals surface area contributed by atoms with Crippen LogP contribution in [0.2, 0.25) is 0 Å². The van der Waals surface area contributed by atoms with Crippen molar-refractivity contribution in [3.8, 4) is 0 Å². The first kappa shape index (κ1) is 9.20. The lowest BCUT2D eigenvalue weighted by Gasteiger charge is -1.94. The molecule has 0 bridgehead atoms. The lowest BCUT2D eigenvalue weighted by Crippen LogP contribution is -2.12. The van der Waals surface area contributed by atoms with E-state index >= 15 is 0 Å². The van der Waals surface area contributed by atoms with Gasteiger partial charge < -0.3 is 9.52 Å². The number of benzene rings is 1. The molecule has 0 aliphatic heterocycles. The number of hydrogen-bond acceptors (Lipinski definition) is 4. The van der Waals surface area contributed by atoms with Crippen molar-refractivity contribution in [1.29, 1.82) is 0 Å². The molecule has 0 aliphatic carbocycles. The van der Waals surface area contributed by atoms with Gasteiger partial charge in [0, 0.05) is 5.56 Å². The zero-order chi connectivity index (χ0) is 11.0. The first-order valence-electron chi connectivity index (χ1n) is 3.98. The molecule has 0 spiro atoms. The standard InChI is InChI=1S/C9H5NO5/c11-7(8(12)13)4-1-2-5-6(3-4)15-9(14)10-5/h1-3H,(H,10,14)(H,12,13). The number of Topliss-reactive ketones (excluding diaryl/α,β-unsaturated/α-hetero) is 1. The number of H-pyrrole nitrogens is 1. The smallest absolute Gasteiger partial charge is 0.417 e. The molecule has 76 valence electrons. The van der Waals surface area contributed by atoms with E-state index < -0.39 is 17.5 Å². The van der Waals surface area contributed by atoms with Gasteiger partial charge in [0.25, 0.3) is 5.78 Å². The molecule has 0 amide bonds. The van der Waals surface area contributed by atoms with Crippen LogP contribution in [0, 0.1) is 0 Å². The van der Waals surface area contributed by atoms with E-state index in [2.05, 4.69) is 9.40 Å². The van der Waals surface area contributed by atoms with E-state index in [-0.39, 0.29) is 11.1 Å². The third-order valence-electron chi connectivity index (χ3n) is 1.88. The second-order valence-corrected chi connectivity index (χ2v) is 2.86. The van der Waals surface area contributed by atoms with E-state index in [0.29, 0.717) is 5.52 Å². The van der Waals surface area contributed by atoms with Crippen LogP contribution in [0.4, 0.5) is 0 Å². The van der Waals surface area contributed by atoms with E-state index in [4.69, 9.17) is 5.11 Å². The molecule has 15 heavy (non-hydrogen) atoms. The summed E-state index contributed by atoms with van der Waals surface area (Å²) in [5.74, 6) is -3.24. The van der Waals surface area contributed by atoms with Crippen molar-refractivity contribution in [2.24, 2.45) is 0 Å². The van der Waals surface area contributed by atoms with Gasteiger partial charge >= 0.3 is 11.7 Å². The van der Waals surface area contributed by atoms with Crippen molar-refractivity contribution in [2.75, 3.05) is 0 Å². The second kappa shape index (κ2) is 3.09. The Morgan fingerprint density at radius 1 is 1.33 bits per heavy atom. The molecule has 0 aliphatic rings. The minimum absolute atomic E-state index is 0.0299. The van der Waals surface area contributed by atoms with Crippen LogP contribution in [0.1, 0.15) is 10.4 Å². The van der Waals surface area contributed by atoms with Crippen LogP contribution in [0.3, 0.4) is 0 Å². The Hall–Kier alpha value is -2.37. The van der Waals surface area contributed by atoms with Crippen LogP contribution in [0.15, 0.2) is 27.4 Å². The number of carboxylic acid groups (broad SMARTS) is 1. The molecule has 1 heterocycles. The zero-order valence-electron chi connectivity index (χ0n) is 7.31. The van der Waals surface area contributed by atoms with E-state index in [0.717, 1.165) is 0 Å². The minimum atomic E-state index is -1.55. The molecule has 6 heteroatoms. The van der Waals surface area contributed by atoms with Gasteiger partial charge in [0.05, 0.1) is 5.52 Å². The highest BCUT2D eigenvalue weighted by atomic mass is 16.4. The second-order valence-electron chi connectivity index (χ2n) is 2.86. The predicted octanol–water partition coefficient (Wildman–Crippen LogP) is 0.388. The Morgan fingerprint density at radius 3 is 2.73 bits per heavy atom. The number of nitrogens with one attached hydrogen (secondary N) is 1. The lowest BCUT2D eigenvalue weighted by atomic mass is 10.1. The summed E-state index contributed by atoms with van der Waals surface area (Å²) in [6, 6.07) is 3.93. The average molecular weight is 207 g/mol. The quantitative estimate of drug-likeness (QED) is 0.548. The van der Waals surface area contributed by atoms with Crippen LogP contribution in [0.5, 0.6) is 0 Å². The number of carboxylic acids is 1. The van der Waals surface area contributed by atoms with E-state index in [1.807, 2.05) is 0 Å². The fraction of sp³-hybridized carbons (Fsp3) is 0. The maximum absolute atomic E-state index is 11.1. The van der Waals surface area contributed by atoms with Crippen LogP contribution < -0.4 is 5.76 Å². The first-order valence-corrected chi connectivity index (χ1v) is 3.98. The molecule has 0 unspecified atom stereocenters. The predicted molar refractivity (Wildman–Crippen MR) is 48.8 cm³/mol. The summed E-state index contributed by atoms with van der Waals surface area (Å²) in [6.07, 6.45) is 0. The highest BCUT2D eigenvalue weighted by molar-refractivity contribution is 6.40. The molecule has 2 rings (SSSR count). The van der Waals surface area contributed by atoms with Gasteiger partial charge in [-0.2, -0.15) is 0 Å². The fourth-order valence-corrected chi connectivity index (χ4v) is 1.21. The van der Waals surface area contributed by atoms with Gasteiger partial charge in [0.15, 0.2) is 5.58 Å². The number of aromatic nitrogens is 1. The van der Waals surface area contributed by atoms with Gasteiger partial charge in [-0.3, -0.25) is 9.78 Å². The summed E-state index contributed by atoms with van der Waals surface area (Å²) in [5, 5.41) is 8.46. The number of carbonyl (C=O) groups is 2. The Morgan fingerprint density at radius 2 is 2.07 bits per heavy atom. The van der Waals surface area contributed by atoms with E-state index in [1.165, 1.54) is 18.2 Å². The maximum atomic E-state index is 11.1. The number of ketones is 1. The lowest BCUT2D eigenvalue weighted by molar-refractivity contribution is -0.131. The van der Waals surface area contributed by atoms with Gasteiger partial charge in [-0.1, -0.05) is 0 Å². The van der Waals surface area contributed by atoms with Crippen molar-refractivity contribution in [2.45, 2.75) is 0 Å². The van der Waals surface area contributed by atoms with Crippen LogP contribution >= 0.6 is 0 Å². The van der Waals surface area contributed by atoms with Crippen molar-refractivity contribution in [3.05, 3.63) is 34.3 Å². The molecule has 0 radical (unpaired) electrons. The van der Waals surface area contributed by atoms with Crippen LogP contribution in [-0.4, -0.2) is 21.8 Å². The average Bonchev–Trinajstić information content (AvgIpc) is 2.55. The Bertz CT molecular complexity index is 606. The monoisotopic (exact) mass is 207 g/mol. The summed E-state index contributed by atoms with van der Waals surface area (Å²) < 4.78 is 4.68. The van der Waals surface area contributed by atoms with Gasteiger partial charge in [-0.15, -0.1) is 0 Å². The van der Waals surface area contributed by atoms with Crippen molar-refractivity contribution >= 4 is 22.9 Å². The number of aliphatic carboxylic acids is 1. The molecule has 1 aromatic carbocycles. The van der Waals surface area contributed by atoms with Crippen molar-refractivity contribution in [1.82, 2.24) is 4.98 Å². The summed E-state index contributed by atoms with van der Waals surface area (Å²) in [4.78, 5) is 34.6. The summed E-state index contributed by atoms with van der Waals surface area (Å²) >= 11 is 0. The number of rotatable bonds is 2. The highest BCUT2D eigenvalue weighted by Gasteiger charge is 2.15. The molecule has 1 aromatic heterocycles. The topological polar surface area (TPSA) is 100 Å². The Labute approximate surface area is 82.1 Å². The molecule has 2 N–H and O–H groups in total. The van der Waals surface area contributed by atoms with Gasteiger partial charge in [0.2, 0.25) is 0 Å². The molecule has 2 aromatic rings. The Kier molecular flexibility index (Phi) is 1.89. The van der Waals surface area contributed by atoms with Crippen LogP contribution in [0.25, 0.3) is 11.1 Å². The molecular weight excluding hydrogens is 202 g/mol. The van der Waals surface area contributed by atoms with Gasteiger partial charge in [0.1, 0.15) is 0 Å². The molecular formula is C9H5NO5. The maximum Gasteiger partial charge on any atom is 0.417 e. The molecule has 6 nitrogen and oxygen atoms in total. The SMILES string of the molecule is O=C(O)C(=O)c1ccc2[nH]c(=O)oc2c1. The van der Waals surface area contributed by atoms with E-state index in [1.54, 1.807) is 0 Å². The summed E-state index contributed by atoms with van der Waals surface area (Å²) in [6.45, 7) is 0. The number of carbonyl (C=O) groups excluding carboxylic acids is 1. The summed E-state index contributed by atoms with van der Waals surface area (Å²) in [5.41, 5.74) is 0.548. The van der Waals surface area contributed by atoms with Crippen LogP contribution in [-0.2, 0) is 4.79 Å². The highest BCUT2D eigenvalue weighted by Crippen LogP contribution is 2.12. The number of hydrogen-bond donors (Lipinski definition) is 2.